The van der Waals surface area contributed by atoms with Crippen molar-refractivity contribution in [1.29, 1.82) is 0 Å². The third kappa shape index (κ3) is 1.98. The van der Waals surface area contributed by atoms with E-state index in [1.165, 1.54) is 0 Å². The van der Waals surface area contributed by atoms with Crippen molar-refractivity contribution in [3.63, 3.8) is 0 Å². The Kier molecular flexibility index (Phi) is 2.68. The Morgan fingerprint density at radius 2 is 2.17 bits per heavy atom. The Morgan fingerprint density at radius 1 is 1.58 bits per heavy atom. The van der Waals surface area contributed by atoms with E-state index in [2.05, 4.69) is 14.7 Å². The highest BCUT2D eigenvalue weighted by atomic mass is 19.1. The van der Waals surface area contributed by atoms with Crippen LogP contribution >= 0.6 is 0 Å². The highest BCUT2D eigenvalue weighted by molar-refractivity contribution is 5.84. The molecule has 0 aromatic carbocycles. The smallest absolute Gasteiger partial charge is 0.376 e. The second-order valence-electron chi connectivity index (χ2n) is 1.95. The zero-order valence-corrected chi connectivity index (χ0v) is 6.45. The fourth-order valence-electron chi connectivity index (χ4n) is 0.613. The topological polar surface area (TPSA) is 52.1 Å². The summed E-state index contributed by atoms with van der Waals surface area (Å²) in [4.78, 5) is 17.8. The molecule has 0 radical (unpaired) electrons. The van der Waals surface area contributed by atoms with Crippen LogP contribution in [0.15, 0.2) is 12.4 Å². The van der Waals surface area contributed by atoms with Gasteiger partial charge in [0, 0.05) is 0 Å². The summed E-state index contributed by atoms with van der Waals surface area (Å²) in [5.41, 5.74) is 0. The van der Waals surface area contributed by atoms with Crippen molar-refractivity contribution in [3.8, 4) is 0 Å². The van der Waals surface area contributed by atoms with Crippen molar-refractivity contribution in [1.82, 2.24) is 9.97 Å². The van der Waals surface area contributed by atoms with E-state index in [0.717, 1.165) is 12.4 Å². The number of ether oxygens (including phenoxy) is 1. The maximum Gasteiger partial charge on any atom is 0.376 e. The second kappa shape index (κ2) is 3.75. The highest BCUT2D eigenvalue weighted by Gasteiger charge is 2.08. The summed E-state index contributed by atoms with van der Waals surface area (Å²) in [7, 11) is 0. The molecule has 0 N–H and O–H groups in total. The lowest BCUT2D eigenvalue weighted by Crippen LogP contribution is -2.09. The first-order chi connectivity index (χ1) is 5.74. The summed E-state index contributed by atoms with van der Waals surface area (Å²) in [5, 5.41) is 0. The van der Waals surface area contributed by atoms with Crippen molar-refractivity contribution in [2.75, 3.05) is 6.61 Å². The maximum absolute atomic E-state index is 12.3. The molecule has 0 unspecified atom stereocenters. The average Bonchev–Trinajstić information content (AvgIpc) is 2.06. The summed E-state index contributed by atoms with van der Waals surface area (Å²) < 4.78 is 16.8. The van der Waals surface area contributed by atoms with Crippen LogP contribution in [-0.2, 0) is 4.74 Å². The monoisotopic (exact) mass is 170 g/mol. The number of aromatic nitrogens is 2. The minimum absolute atomic E-state index is 0.127. The van der Waals surface area contributed by atoms with Crippen LogP contribution in [-0.4, -0.2) is 22.5 Å². The van der Waals surface area contributed by atoms with Crippen molar-refractivity contribution < 1.29 is 13.9 Å². The lowest BCUT2D eigenvalue weighted by atomic mass is 10.5. The Hall–Kier alpha value is -1.52. The van der Waals surface area contributed by atoms with Gasteiger partial charge in [0.2, 0.25) is 5.82 Å². The first-order valence-electron chi connectivity index (χ1n) is 3.38. The molecule has 0 aliphatic heterocycles. The predicted octanol–water partition coefficient (Wildman–Crippen LogP) is 0.792. The molecule has 0 bridgehead atoms. The molecular weight excluding hydrogens is 163 g/mol. The van der Waals surface area contributed by atoms with Gasteiger partial charge < -0.3 is 4.74 Å². The van der Waals surface area contributed by atoms with Crippen LogP contribution in [0.2, 0.25) is 0 Å². The van der Waals surface area contributed by atoms with Gasteiger partial charge in [-0.2, -0.15) is 0 Å². The van der Waals surface area contributed by atoms with E-state index in [9.17, 15) is 9.18 Å². The normalized spacial score (nSPS) is 9.50. The molecule has 4 nitrogen and oxygen atoms in total. The van der Waals surface area contributed by atoms with Crippen LogP contribution in [0.5, 0.6) is 0 Å². The Morgan fingerprint density at radius 3 is 2.67 bits per heavy atom. The predicted molar refractivity (Wildman–Crippen MR) is 37.9 cm³/mol. The molecule has 5 heteroatoms. The van der Waals surface area contributed by atoms with Crippen molar-refractivity contribution in [2.24, 2.45) is 0 Å². The Labute approximate surface area is 68.4 Å². The van der Waals surface area contributed by atoms with Gasteiger partial charge in [-0.25, -0.2) is 19.2 Å². The zero-order chi connectivity index (χ0) is 8.97. The van der Waals surface area contributed by atoms with Crippen LogP contribution in [0, 0.1) is 5.82 Å². The minimum Gasteiger partial charge on any atom is -0.460 e. The van der Waals surface area contributed by atoms with Crippen LogP contribution in [0.3, 0.4) is 0 Å². The molecule has 1 heterocycles. The van der Waals surface area contributed by atoms with Gasteiger partial charge in [0.1, 0.15) is 0 Å². The number of nitrogens with zero attached hydrogens (tertiary/aromatic N) is 2. The van der Waals surface area contributed by atoms with Crippen LogP contribution in [0.1, 0.15) is 17.5 Å². The molecule has 0 atom stereocenters. The molecule has 0 aliphatic carbocycles. The Balaban J connectivity index is 2.75. The van der Waals surface area contributed by atoms with E-state index in [0.29, 0.717) is 0 Å². The van der Waals surface area contributed by atoms with Gasteiger partial charge in [-0.15, -0.1) is 0 Å². The lowest BCUT2D eigenvalue weighted by Gasteiger charge is -1.97. The number of carbonyl (C=O) groups is 1. The summed E-state index contributed by atoms with van der Waals surface area (Å²) in [6.07, 6.45) is 1.83. The van der Waals surface area contributed by atoms with E-state index >= 15 is 0 Å². The van der Waals surface area contributed by atoms with Crippen molar-refractivity contribution in [2.45, 2.75) is 6.92 Å². The highest BCUT2D eigenvalue weighted by Crippen LogP contribution is 1.95. The fourth-order valence-corrected chi connectivity index (χ4v) is 0.613. The third-order valence-corrected chi connectivity index (χ3v) is 1.08. The molecule has 0 spiro atoms. The number of hydrogen-bond donors (Lipinski definition) is 0. The van der Waals surface area contributed by atoms with Crippen LogP contribution in [0.25, 0.3) is 0 Å². The molecule has 0 amide bonds. The number of carbonyl (C=O) groups excluding carboxylic acids is 1. The van der Waals surface area contributed by atoms with Crippen LogP contribution < -0.4 is 0 Å². The lowest BCUT2D eigenvalue weighted by molar-refractivity contribution is 0.0511. The third-order valence-electron chi connectivity index (χ3n) is 1.08. The Bertz CT molecular complexity index is 273. The van der Waals surface area contributed by atoms with E-state index in [1.807, 2.05) is 0 Å². The van der Waals surface area contributed by atoms with Crippen LogP contribution in [0.4, 0.5) is 4.39 Å². The van der Waals surface area contributed by atoms with Gasteiger partial charge >= 0.3 is 5.97 Å². The second-order valence-corrected chi connectivity index (χ2v) is 1.95. The SMILES string of the molecule is CCOC(=O)c1ncc(F)cn1. The zero-order valence-electron chi connectivity index (χ0n) is 6.45. The summed E-state index contributed by atoms with van der Waals surface area (Å²) in [6.45, 7) is 1.92. The van der Waals surface area contributed by atoms with Gasteiger partial charge in [0.15, 0.2) is 5.82 Å². The van der Waals surface area contributed by atoms with E-state index in [-0.39, 0.29) is 12.4 Å². The largest absolute Gasteiger partial charge is 0.460 e. The minimum atomic E-state index is -0.641. The fraction of sp³-hybridized carbons (Fsp3) is 0.286. The summed E-state index contributed by atoms with van der Waals surface area (Å²) >= 11 is 0. The van der Waals surface area contributed by atoms with Crippen molar-refractivity contribution in [3.05, 3.63) is 24.0 Å². The number of rotatable bonds is 2. The van der Waals surface area contributed by atoms with Gasteiger partial charge in [0.05, 0.1) is 19.0 Å². The standard InChI is InChI=1S/C7H7FN2O2/c1-2-12-7(11)6-9-3-5(8)4-10-6/h3-4H,2H2,1H3. The first kappa shape index (κ1) is 8.58. The molecule has 0 saturated heterocycles. The number of esters is 1. The van der Waals surface area contributed by atoms with Gasteiger partial charge in [-0.05, 0) is 6.92 Å². The van der Waals surface area contributed by atoms with Gasteiger partial charge in [0.25, 0.3) is 0 Å². The first-order valence-corrected chi connectivity index (χ1v) is 3.38. The summed E-state index contributed by atoms with van der Waals surface area (Å²) in [6, 6.07) is 0. The molecule has 0 aliphatic rings. The molecule has 0 fully saturated rings. The average molecular weight is 170 g/mol. The van der Waals surface area contributed by atoms with E-state index in [4.69, 9.17) is 0 Å². The summed E-state index contributed by atoms with van der Waals surface area (Å²) in [5.74, 6) is -1.35. The molecule has 12 heavy (non-hydrogen) atoms. The van der Waals surface area contributed by atoms with Gasteiger partial charge in [-0.3, -0.25) is 0 Å². The molecule has 1 rings (SSSR count). The van der Waals surface area contributed by atoms with E-state index < -0.39 is 11.8 Å². The molecule has 1 aromatic rings. The quantitative estimate of drug-likeness (QED) is 0.616. The van der Waals surface area contributed by atoms with E-state index in [1.54, 1.807) is 6.92 Å². The van der Waals surface area contributed by atoms with Crippen molar-refractivity contribution >= 4 is 5.97 Å². The maximum atomic E-state index is 12.3. The van der Waals surface area contributed by atoms with Gasteiger partial charge in [-0.1, -0.05) is 0 Å². The molecular formula is C7H7FN2O2. The molecule has 1 aromatic heterocycles. The molecule has 0 saturated carbocycles. The number of hydrogen-bond acceptors (Lipinski definition) is 4. The molecule has 64 valence electrons. The number of halogens is 1.